The van der Waals surface area contributed by atoms with Gasteiger partial charge in [-0.1, -0.05) is 6.92 Å². The maximum atomic E-state index is 11.9. The monoisotopic (exact) mass is 253 g/mol. The van der Waals surface area contributed by atoms with Gasteiger partial charge in [-0.05, 0) is 25.1 Å². The van der Waals surface area contributed by atoms with Gasteiger partial charge in [-0.25, -0.2) is 0 Å². The summed E-state index contributed by atoms with van der Waals surface area (Å²) in [5.74, 6) is -0.0330. The number of nitrogens with one attached hydrogen (secondary N) is 2. The summed E-state index contributed by atoms with van der Waals surface area (Å²) in [6.45, 7) is 5.86. The van der Waals surface area contributed by atoms with Crippen molar-refractivity contribution >= 4 is 5.91 Å². The van der Waals surface area contributed by atoms with Crippen molar-refractivity contribution in [2.45, 2.75) is 19.9 Å². The number of amides is 1. The summed E-state index contributed by atoms with van der Waals surface area (Å²) in [7, 11) is 1.66. The Morgan fingerprint density at radius 2 is 2.22 bits per heavy atom. The topological polar surface area (TPSA) is 55.3 Å². The van der Waals surface area contributed by atoms with Crippen molar-refractivity contribution in [2.75, 3.05) is 33.4 Å². The van der Waals surface area contributed by atoms with E-state index in [2.05, 4.69) is 17.6 Å². The third-order valence-electron chi connectivity index (χ3n) is 2.61. The average molecular weight is 253 g/mol. The molecule has 0 aliphatic rings. The zero-order chi connectivity index (χ0) is 13.2. The molecule has 0 unspecified atom stereocenters. The van der Waals surface area contributed by atoms with E-state index in [1.54, 1.807) is 7.11 Å². The summed E-state index contributed by atoms with van der Waals surface area (Å²) in [4.78, 5) is 11.9. The first-order chi connectivity index (χ1) is 8.79. The Bertz CT molecular complexity index is 350. The van der Waals surface area contributed by atoms with Gasteiger partial charge >= 0.3 is 0 Å². The van der Waals surface area contributed by atoms with Crippen LogP contribution in [0.25, 0.3) is 0 Å². The number of carbonyl (C=O) groups excluding carboxylic acids is 1. The molecular weight excluding hydrogens is 230 g/mol. The Morgan fingerprint density at radius 3 is 2.94 bits per heavy atom. The molecule has 0 spiro atoms. The van der Waals surface area contributed by atoms with Gasteiger partial charge in [0.1, 0.15) is 5.69 Å². The van der Waals surface area contributed by atoms with Crippen LogP contribution < -0.4 is 10.6 Å². The number of nitrogens with zero attached hydrogens (tertiary/aromatic N) is 1. The van der Waals surface area contributed by atoms with Crippen LogP contribution in [0, 0.1) is 0 Å². The second-order valence-corrected chi connectivity index (χ2v) is 4.09. The molecule has 0 saturated heterocycles. The number of methoxy groups -OCH3 is 1. The normalized spacial score (nSPS) is 10.6. The molecule has 0 aromatic carbocycles. The Kier molecular flexibility index (Phi) is 7.13. The fraction of sp³-hybridized carbons (Fsp3) is 0.615. The molecule has 0 radical (unpaired) electrons. The van der Waals surface area contributed by atoms with Crippen molar-refractivity contribution < 1.29 is 9.53 Å². The smallest absolute Gasteiger partial charge is 0.267 e. The number of hydrogen-bond acceptors (Lipinski definition) is 3. The standard InChI is InChI=1S/C13H23N3O2/c1-3-6-14-7-8-15-13(17)12-5-4-9-16(12)10-11-18-2/h4-5,9,14H,3,6-8,10-11H2,1-2H3,(H,15,17). The zero-order valence-electron chi connectivity index (χ0n) is 11.2. The summed E-state index contributed by atoms with van der Waals surface area (Å²) in [5.41, 5.74) is 0.683. The van der Waals surface area contributed by atoms with Gasteiger partial charge in [-0.15, -0.1) is 0 Å². The summed E-state index contributed by atoms with van der Waals surface area (Å²) in [6, 6.07) is 3.70. The SMILES string of the molecule is CCCNCCNC(=O)c1cccn1CCOC. The maximum Gasteiger partial charge on any atom is 0.267 e. The van der Waals surface area contributed by atoms with Crippen LogP contribution in [0.15, 0.2) is 18.3 Å². The first-order valence-corrected chi connectivity index (χ1v) is 6.42. The molecule has 1 aromatic rings. The molecule has 0 saturated carbocycles. The molecule has 102 valence electrons. The fourth-order valence-corrected chi connectivity index (χ4v) is 1.66. The van der Waals surface area contributed by atoms with Crippen molar-refractivity contribution in [1.82, 2.24) is 15.2 Å². The highest BCUT2D eigenvalue weighted by atomic mass is 16.5. The van der Waals surface area contributed by atoms with Gasteiger partial charge in [-0.3, -0.25) is 4.79 Å². The van der Waals surface area contributed by atoms with E-state index in [1.165, 1.54) is 0 Å². The third-order valence-corrected chi connectivity index (χ3v) is 2.61. The lowest BCUT2D eigenvalue weighted by Gasteiger charge is -2.09. The minimum Gasteiger partial charge on any atom is -0.383 e. The maximum absolute atomic E-state index is 11.9. The highest BCUT2D eigenvalue weighted by Crippen LogP contribution is 2.02. The van der Waals surface area contributed by atoms with Gasteiger partial charge in [0, 0.05) is 32.9 Å². The van der Waals surface area contributed by atoms with Crippen molar-refractivity contribution in [3.05, 3.63) is 24.0 Å². The number of aromatic nitrogens is 1. The average Bonchev–Trinajstić information content (AvgIpc) is 2.84. The number of ether oxygens (including phenoxy) is 1. The van der Waals surface area contributed by atoms with E-state index in [4.69, 9.17) is 4.74 Å². The first kappa shape index (κ1) is 14.7. The van der Waals surface area contributed by atoms with Gasteiger partial charge in [0.2, 0.25) is 0 Å². The van der Waals surface area contributed by atoms with Crippen LogP contribution in [0.4, 0.5) is 0 Å². The van der Waals surface area contributed by atoms with Gasteiger partial charge in [-0.2, -0.15) is 0 Å². The molecule has 0 atom stereocenters. The predicted molar refractivity (Wildman–Crippen MR) is 71.8 cm³/mol. The molecule has 1 heterocycles. The van der Waals surface area contributed by atoms with E-state index in [1.807, 2.05) is 22.9 Å². The number of hydrogen-bond donors (Lipinski definition) is 2. The Morgan fingerprint density at radius 1 is 1.39 bits per heavy atom. The van der Waals surface area contributed by atoms with Crippen LogP contribution in [0.2, 0.25) is 0 Å². The van der Waals surface area contributed by atoms with Crippen LogP contribution in [-0.2, 0) is 11.3 Å². The molecule has 2 N–H and O–H groups in total. The van der Waals surface area contributed by atoms with Gasteiger partial charge in [0.15, 0.2) is 0 Å². The molecule has 1 rings (SSSR count). The van der Waals surface area contributed by atoms with E-state index < -0.39 is 0 Å². The van der Waals surface area contributed by atoms with Gasteiger partial charge < -0.3 is 19.9 Å². The van der Waals surface area contributed by atoms with Crippen LogP contribution >= 0.6 is 0 Å². The van der Waals surface area contributed by atoms with Crippen LogP contribution in [0.1, 0.15) is 23.8 Å². The van der Waals surface area contributed by atoms with Crippen LogP contribution in [0.3, 0.4) is 0 Å². The van der Waals surface area contributed by atoms with Crippen LogP contribution in [-0.4, -0.2) is 43.8 Å². The zero-order valence-corrected chi connectivity index (χ0v) is 11.2. The highest BCUT2D eigenvalue weighted by molar-refractivity contribution is 5.92. The lowest BCUT2D eigenvalue weighted by atomic mass is 10.4. The van der Waals surface area contributed by atoms with Crippen molar-refractivity contribution in [1.29, 1.82) is 0 Å². The van der Waals surface area contributed by atoms with E-state index in [-0.39, 0.29) is 5.91 Å². The number of rotatable bonds is 9. The molecule has 0 bridgehead atoms. The predicted octanol–water partition coefficient (Wildman–Crippen LogP) is 0.864. The Labute approximate surface area is 109 Å². The minimum absolute atomic E-state index is 0.0330. The molecule has 0 aliphatic carbocycles. The molecular formula is C13H23N3O2. The summed E-state index contributed by atoms with van der Waals surface area (Å²) >= 11 is 0. The summed E-state index contributed by atoms with van der Waals surface area (Å²) in [6.07, 6.45) is 3.00. The van der Waals surface area contributed by atoms with Crippen molar-refractivity contribution in [3.8, 4) is 0 Å². The molecule has 18 heavy (non-hydrogen) atoms. The molecule has 1 aromatic heterocycles. The van der Waals surface area contributed by atoms with Gasteiger partial charge in [0.05, 0.1) is 6.61 Å². The summed E-state index contributed by atoms with van der Waals surface area (Å²) < 4.78 is 6.91. The number of carbonyl (C=O) groups is 1. The summed E-state index contributed by atoms with van der Waals surface area (Å²) in [5, 5.41) is 6.14. The lowest BCUT2D eigenvalue weighted by molar-refractivity contribution is 0.0942. The quantitative estimate of drug-likeness (QED) is 0.642. The fourth-order valence-electron chi connectivity index (χ4n) is 1.66. The minimum atomic E-state index is -0.0330. The molecule has 5 nitrogen and oxygen atoms in total. The van der Waals surface area contributed by atoms with Crippen molar-refractivity contribution in [3.63, 3.8) is 0 Å². The molecule has 1 amide bonds. The van der Waals surface area contributed by atoms with Crippen molar-refractivity contribution in [2.24, 2.45) is 0 Å². The van der Waals surface area contributed by atoms with E-state index in [0.29, 0.717) is 25.4 Å². The largest absolute Gasteiger partial charge is 0.383 e. The Hall–Kier alpha value is -1.33. The lowest BCUT2D eigenvalue weighted by Crippen LogP contribution is -2.33. The molecule has 5 heteroatoms. The second kappa shape index (κ2) is 8.72. The first-order valence-electron chi connectivity index (χ1n) is 6.42. The van der Waals surface area contributed by atoms with E-state index in [9.17, 15) is 4.79 Å². The van der Waals surface area contributed by atoms with E-state index >= 15 is 0 Å². The molecule has 0 fully saturated rings. The third kappa shape index (κ3) is 4.89. The highest BCUT2D eigenvalue weighted by Gasteiger charge is 2.09. The van der Waals surface area contributed by atoms with E-state index in [0.717, 1.165) is 19.5 Å². The van der Waals surface area contributed by atoms with Crippen LogP contribution in [0.5, 0.6) is 0 Å². The second-order valence-electron chi connectivity index (χ2n) is 4.09. The molecule has 0 aliphatic heterocycles. The van der Waals surface area contributed by atoms with Gasteiger partial charge in [0.25, 0.3) is 5.91 Å². The Balaban J connectivity index is 2.34.